The highest BCUT2D eigenvalue weighted by Crippen LogP contribution is 2.36. The lowest BCUT2D eigenvalue weighted by Gasteiger charge is -2.18. The Bertz CT molecular complexity index is 864. The minimum Gasteiger partial charge on any atom is -0.462 e. The summed E-state index contributed by atoms with van der Waals surface area (Å²) in [6, 6.07) is 0. The zero-order chi connectivity index (χ0) is 34.7. The zero-order valence-electron chi connectivity index (χ0n) is 29.9. The number of rotatable bonds is 34. The fraction of sp³-hybridized carbons (Fsp3) is 0.789. The summed E-state index contributed by atoms with van der Waals surface area (Å²) >= 11 is 0. The molecule has 0 amide bonds. The van der Waals surface area contributed by atoms with E-state index in [0.29, 0.717) is 6.42 Å². The summed E-state index contributed by atoms with van der Waals surface area (Å²) in [6.45, 7) is 3.59. The van der Waals surface area contributed by atoms with Crippen LogP contribution in [0.1, 0.15) is 174 Å². The van der Waals surface area contributed by atoms with Crippen LogP contribution in [-0.4, -0.2) is 41.0 Å². The molecule has 2 N–H and O–H groups in total. The van der Waals surface area contributed by atoms with E-state index in [9.17, 15) is 14.2 Å². The first kappa shape index (κ1) is 45.3. The molecule has 0 aromatic carbocycles. The Kier molecular flexibility index (Phi) is 32.9. The van der Waals surface area contributed by atoms with E-state index in [1.54, 1.807) is 0 Å². The van der Waals surface area contributed by atoms with Crippen molar-refractivity contribution in [3.8, 4) is 0 Å². The average Bonchev–Trinajstić information content (AvgIpc) is 3.03. The lowest BCUT2D eigenvalue weighted by molar-refractivity contribution is -0.161. The fourth-order valence-corrected chi connectivity index (χ4v) is 5.38. The second-order valence-electron chi connectivity index (χ2n) is 12.5. The van der Waals surface area contributed by atoms with Gasteiger partial charge in [-0.25, -0.2) is 4.57 Å². The number of unbranched alkanes of at least 4 members (excludes halogenated alkanes) is 18. The number of carbonyl (C=O) groups excluding carboxylic acids is 2. The highest BCUT2D eigenvalue weighted by Gasteiger charge is 2.22. The topological polar surface area (TPSA) is 119 Å². The predicted molar refractivity (Wildman–Crippen MR) is 193 cm³/mol. The molecular weight excluding hydrogens is 615 g/mol. The molecular formula is C38H69O8P. The van der Waals surface area contributed by atoms with Gasteiger partial charge in [-0.3, -0.25) is 14.1 Å². The van der Waals surface area contributed by atoms with Crippen LogP contribution in [-0.2, 0) is 28.2 Å². The Morgan fingerprint density at radius 3 is 1.43 bits per heavy atom. The summed E-state index contributed by atoms with van der Waals surface area (Å²) in [4.78, 5) is 42.7. The second kappa shape index (κ2) is 34.1. The molecule has 0 aliphatic heterocycles. The predicted octanol–water partition coefficient (Wildman–Crippen LogP) is 11.0. The normalized spacial score (nSPS) is 12.9. The molecule has 0 aromatic heterocycles. The second-order valence-corrected chi connectivity index (χ2v) is 13.8. The van der Waals surface area contributed by atoms with Gasteiger partial charge in [0.2, 0.25) is 0 Å². The van der Waals surface area contributed by atoms with Gasteiger partial charge in [-0.1, -0.05) is 140 Å². The van der Waals surface area contributed by atoms with Gasteiger partial charge in [0.15, 0.2) is 6.10 Å². The maximum Gasteiger partial charge on any atom is 0.469 e. The van der Waals surface area contributed by atoms with Crippen LogP contribution in [0.2, 0.25) is 0 Å². The van der Waals surface area contributed by atoms with Gasteiger partial charge in [-0.15, -0.1) is 0 Å². The zero-order valence-corrected chi connectivity index (χ0v) is 30.8. The van der Waals surface area contributed by atoms with Crippen molar-refractivity contribution in [3.63, 3.8) is 0 Å². The third kappa shape index (κ3) is 36.9. The van der Waals surface area contributed by atoms with E-state index in [1.807, 2.05) is 0 Å². The number of hydrogen-bond donors (Lipinski definition) is 2. The summed E-state index contributed by atoms with van der Waals surface area (Å²) in [5.74, 6) is -0.904. The third-order valence-corrected chi connectivity index (χ3v) is 8.37. The van der Waals surface area contributed by atoms with Crippen molar-refractivity contribution >= 4 is 19.8 Å². The Morgan fingerprint density at radius 1 is 0.553 bits per heavy atom. The van der Waals surface area contributed by atoms with Gasteiger partial charge in [-0.05, 0) is 57.8 Å². The Morgan fingerprint density at radius 2 is 0.957 bits per heavy atom. The molecule has 0 saturated heterocycles. The first-order valence-electron chi connectivity index (χ1n) is 18.8. The number of allylic oxidation sites excluding steroid dienone is 6. The molecule has 1 atom stereocenters. The monoisotopic (exact) mass is 684 g/mol. The van der Waals surface area contributed by atoms with Crippen LogP contribution in [0.3, 0.4) is 0 Å². The van der Waals surface area contributed by atoms with E-state index in [4.69, 9.17) is 19.3 Å². The lowest BCUT2D eigenvalue weighted by atomic mass is 10.1. The Hall–Kier alpha value is -1.73. The van der Waals surface area contributed by atoms with Crippen molar-refractivity contribution in [2.45, 2.75) is 180 Å². The molecule has 0 saturated carbocycles. The number of carbonyl (C=O) groups is 2. The maximum atomic E-state index is 12.3. The van der Waals surface area contributed by atoms with Crippen LogP contribution >= 0.6 is 7.82 Å². The van der Waals surface area contributed by atoms with Gasteiger partial charge in [-0.2, -0.15) is 0 Å². The van der Waals surface area contributed by atoms with Gasteiger partial charge in [0, 0.05) is 12.8 Å². The molecule has 47 heavy (non-hydrogen) atoms. The standard InChI is InChI=1S/C38H69O8P/c1-3-5-7-9-11-13-15-17-19-21-22-24-26-28-30-32-37(39)44-34-36(35-45-47(41,42)43)46-38(40)33-31-29-27-25-23-20-18-16-14-12-10-8-6-4-2/h9-12,16,18,36H,3-8,13-15,17,19-35H2,1-2H3,(H2,41,42,43)/b11-9+,12-10+,18-16+/t36-/m1/s1. The van der Waals surface area contributed by atoms with Crippen LogP contribution in [0.15, 0.2) is 36.5 Å². The van der Waals surface area contributed by atoms with Crippen LogP contribution < -0.4 is 0 Å². The van der Waals surface area contributed by atoms with Gasteiger partial charge in [0.25, 0.3) is 0 Å². The minimum atomic E-state index is -4.75. The molecule has 8 nitrogen and oxygen atoms in total. The molecule has 0 heterocycles. The summed E-state index contributed by atoms with van der Waals surface area (Å²) in [5, 5.41) is 0. The van der Waals surface area contributed by atoms with Gasteiger partial charge >= 0.3 is 19.8 Å². The molecule has 9 heteroatoms. The lowest BCUT2D eigenvalue weighted by Crippen LogP contribution is -2.29. The van der Waals surface area contributed by atoms with Gasteiger partial charge in [0.1, 0.15) is 6.61 Å². The molecule has 0 bridgehead atoms. The molecule has 0 unspecified atom stereocenters. The molecule has 0 fully saturated rings. The molecule has 0 rings (SSSR count). The van der Waals surface area contributed by atoms with Crippen molar-refractivity contribution in [1.82, 2.24) is 0 Å². The summed E-state index contributed by atoms with van der Waals surface area (Å²) in [7, 11) is -4.75. The van der Waals surface area contributed by atoms with E-state index >= 15 is 0 Å². The smallest absolute Gasteiger partial charge is 0.462 e. The Balaban J connectivity index is 3.98. The van der Waals surface area contributed by atoms with Crippen molar-refractivity contribution in [3.05, 3.63) is 36.5 Å². The average molecular weight is 685 g/mol. The molecule has 0 aromatic rings. The van der Waals surface area contributed by atoms with Crippen molar-refractivity contribution in [1.29, 1.82) is 0 Å². The number of esters is 2. The van der Waals surface area contributed by atoms with Crippen molar-refractivity contribution < 1.29 is 37.9 Å². The fourth-order valence-electron chi connectivity index (χ4n) is 5.02. The Labute approximate surface area is 287 Å². The molecule has 274 valence electrons. The SMILES string of the molecule is CCCC/C=C/C/C=C/CCCCCCCC(=O)O[C@H](COC(=O)CCCCCCCCCCC/C=C/CCCC)COP(=O)(O)O. The molecule has 0 spiro atoms. The largest absolute Gasteiger partial charge is 0.469 e. The summed E-state index contributed by atoms with van der Waals surface area (Å²) in [6.07, 6.45) is 38.6. The highest BCUT2D eigenvalue weighted by molar-refractivity contribution is 7.46. The van der Waals surface area contributed by atoms with Crippen molar-refractivity contribution in [2.75, 3.05) is 13.2 Å². The van der Waals surface area contributed by atoms with Gasteiger partial charge in [0.05, 0.1) is 6.61 Å². The first-order valence-corrected chi connectivity index (χ1v) is 20.3. The van der Waals surface area contributed by atoms with E-state index in [-0.39, 0.29) is 19.4 Å². The third-order valence-electron chi connectivity index (χ3n) is 7.88. The first-order chi connectivity index (χ1) is 22.8. The van der Waals surface area contributed by atoms with Crippen LogP contribution in [0, 0.1) is 0 Å². The molecule has 0 aliphatic carbocycles. The summed E-state index contributed by atoms with van der Waals surface area (Å²) < 4.78 is 26.3. The number of hydrogen-bond acceptors (Lipinski definition) is 6. The highest BCUT2D eigenvalue weighted by atomic mass is 31.2. The van der Waals surface area contributed by atoms with Crippen LogP contribution in [0.25, 0.3) is 0 Å². The van der Waals surface area contributed by atoms with E-state index < -0.39 is 32.5 Å². The van der Waals surface area contributed by atoms with E-state index in [0.717, 1.165) is 64.2 Å². The van der Waals surface area contributed by atoms with Gasteiger partial charge < -0.3 is 19.3 Å². The van der Waals surface area contributed by atoms with E-state index in [2.05, 4.69) is 54.8 Å². The summed E-state index contributed by atoms with van der Waals surface area (Å²) in [5.41, 5.74) is 0. The number of phosphoric acid groups is 1. The van der Waals surface area contributed by atoms with Crippen LogP contribution in [0.4, 0.5) is 0 Å². The minimum absolute atomic E-state index is 0.196. The van der Waals surface area contributed by atoms with Crippen molar-refractivity contribution in [2.24, 2.45) is 0 Å². The number of ether oxygens (including phenoxy) is 2. The maximum absolute atomic E-state index is 12.3. The van der Waals surface area contributed by atoms with Crippen LogP contribution in [0.5, 0.6) is 0 Å². The van der Waals surface area contributed by atoms with E-state index in [1.165, 1.54) is 77.0 Å². The quantitative estimate of drug-likeness (QED) is 0.0297. The molecule has 0 radical (unpaired) electrons. The number of phosphoric ester groups is 1. The molecule has 0 aliphatic rings.